The highest BCUT2D eigenvalue weighted by molar-refractivity contribution is 5.69. The van der Waals surface area contributed by atoms with Crippen molar-refractivity contribution in [1.29, 1.82) is 0 Å². The number of hydrogen-bond acceptors (Lipinski definition) is 4. The van der Waals surface area contributed by atoms with Crippen LogP contribution in [0.15, 0.2) is 46.2 Å². The molecule has 0 saturated heterocycles. The van der Waals surface area contributed by atoms with Crippen molar-refractivity contribution in [1.82, 2.24) is 19.1 Å². The highest BCUT2D eigenvalue weighted by Gasteiger charge is 2.14. The predicted octanol–water partition coefficient (Wildman–Crippen LogP) is 0.157. The van der Waals surface area contributed by atoms with Gasteiger partial charge in [0.25, 0.3) is 5.56 Å². The number of aliphatic hydroxyl groups excluding tert-OH is 1. The first-order chi connectivity index (χ1) is 10.1. The van der Waals surface area contributed by atoms with Gasteiger partial charge < -0.3 is 9.67 Å². The van der Waals surface area contributed by atoms with Crippen LogP contribution in [0.2, 0.25) is 0 Å². The van der Waals surface area contributed by atoms with Gasteiger partial charge in [0.05, 0.1) is 19.0 Å². The van der Waals surface area contributed by atoms with Crippen LogP contribution in [0.25, 0.3) is 11.2 Å². The smallest absolute Gasteiger partial charge is 0.329 e. The van der Waals surface area contributed by atoms with E-state index >= 15 is 0 Å². The highest BCUT2D eigenvalue weighted by atomic mass is 16.3. The molecule has 0 spiro atoms. The summed E-state index contributed by atoms with van der Waals surface area (Å²) in [6.45, 7) is 0.182. The summed E-state index contributed by atoms with van der Waals surface area (Å²) in [7, 11) is 1.53. The number of rotatable bonds is 3. The maximum absolute atomic E-state index is 11.9. The van der Waals surface area contributed by atoms with E-state index in [2.05, 4.69) is 9.97 Å². The van der Waals surface area contributed by atoms with E-state index in [4.69, 9.17) is 0 Å². The van der Waals surface area contributed by atoms with Gasteiger partial charge in [-0.2, -0.15) is 0 Å². The van der Waals surface area contributed by atoms with Crippen molar-refractivity contribution in [2.24, 2.45) is 7.05 Å². The Morgan fingerprint density at radius 2 is 2.00 bits per heavy atom. The molecule has 0 saturated carbocycles. The van der Waals surface area contributed by atoms with Crippen LogP contribution in [-0.4, -0.2) is 24.2 Å². The monoisotopic (exact) mass is 286 g/mol. The Balaban J connectivity index is 2.05. The first kappa shape index (κ1) is 13.3. The Kier molecular flexibility index (Phi) is 3.19. The Hall–Kier alpha value is -2.67. The number of nitrogens with zero attached hydrogens (tertiary/aromatic N) is 3. The molecule has 3 rings (SSSR count). The zero-order valence-corrected chi connectivity index (χ0v) is 11.4. The van der Waals surface area contributed by atoms with E-state index in [1.54, 1.807) is 4.57 Å². The van der Waals surface area contributed by atoms with Crippen LogP contribution in [0.4, 0.5) is 0 Å². The molecular weight excluding hydrogens is 272 g/mol. The van der Waals surface area contributed by atoms with Crippen molar-refractivity contribution in [3.05, 3.63) is 63.1 Å². The van der Waals surface area contributed by atoms with E-state index in [0.29, 0.717) is 5.65 Å². The number of benzene rings is 1. The quantitative estimate of drug-likeness (QED) is 0.717. The summed E-state index contributed by atoms with van der Waals surface area (Å²) >= 11 is 0. The maximum Gasteiger partial charge on any atom is 0.329 e. The molecule has 108 valence electrons. The third-order valence-electron chi connectivity index (χ3n) is 3.43. The third-order valence-corrected chi connectivity index (χ3v) is 3.43. The zero-order chi connectivity index (χ0) is 15.0. The van der Waals surface area contributed by atoms with Crippen molar-refractivity contribution in [3.63, 3.8) is 0 Å². The minimum atomic E-state index is -0.764. The van der Waals surface area contributed by atoms with Crippen molar-refractivity contribution in [3.8, 4) is 0 Å². The lowest BCUT2D eigenvalue weighted by atomic mass is 10.1. The average molecular weight is 286 g/mol. The molecule has 2 N–H and O–H groups in total. The standard InChI is InChI=1S/C14H14N4O3/c1-17-12-11(13(20)16-14(17)21)18(8-15-12)7-10(19)9-5-3-2-4-6-9/h2-6,8,10,19H,7H2,1H3,(H,16,20,21). The SMILES string of the molecule is Cn1c(=O)[nH]c(=O)c2c1ncn2CC(O)c1ccccc1. The van der Waals surface area contributed by atoms with E-state index in [0.717, 1.165) is 5.56 Å². The molecule has 0 fully saturated rings. The number of aromatic nitrogens is 4. The zero-order valence-electron chi connectivity index (χ0n) is 11.4. The second-order valence-electron chi connectivity index (χ2n) is 4.81. The Morgan fingerprint density at radius 1 is 1.29 bits per heavy atom. The molecule has 0 aliphatic heterocycles. The normalized spacial score (nSPS) is 12.7. The van der Waals surface area contributed by atoms with Crippen LogP contribution in [0, 0.1) is 0 Å². The summed E-state index contributed by atoms with van der Waals surface area (Å²) in [5.74, 6) is 0. The number of aromatic amines is 1. The molecule has 0 radical (unpaired) electrons. The number of nitrogens with one attached hydrogen (secondary N) is 1. The van der Waals surface area contributed by atoms with E-state index in [9.17, 15) is 14.7 Å². The molecule has 3 aromatic rings. The predicted molar refractivity (Wildman–Crippen MR) is 77.0 cm³/mol. The fraction of sp³-hybridized carbons (Fsp3) is 0.214. The Morgan fingerprint density at radius 3 is 2.71 bits per heavy atom. The number of fused-ring (bicyclic) bond motifs is 1. The molecule has 7 heteroatoms. The number of H-pyrrole nitrogens is 1. The molecule has 1 unspecified atom stereocenters. The lowest BCUT2D eigenvalue weighted by molar-refractivity contribution is 0.158. The molecule has 2 heterocycles. The van der Waals surface area contributed by atoms with Crippen LogP contribution in [0.5, 0.6) is 0 Å². The van der Waals surface area contributed by atoms with E-state index in [1.165, 1.54) is 17.9 Å². The van der Waals surface area contributed by atoms with Gasteiger partial charge in [0.15, 0.2) is 11.2 Å². The fourth-order valence-corrected chi connectivity index (χ4v) is 2.29. The topological polar surface area (TPSA) is 92.9 Å². The largest absolute Gasteiger partial charge is 0.387 e. The number of aliphatic hydroxyl groups is 1. The lowest BCUT2D eigenvalue weighted by Gasteiger charge is -2.12. The third kappa shape index (κ3) is 2.27. The van der Waals surface area contributed by atoms with Gasteiger partial charge in [0.2, 0.25) is 0 Å². The van der Waals surface area contributed by atoms with Crippen LogP contribution in [-0.2, 0) is 13.6 Å². The van der Waals surface area contributed by atoms with Gasteiger partial charge >= 0.3 is 5.69 Å². The summed E-state index contributed by atoms with van der Waals surface area (Å²) in [6.07, 6.45) is 0.686. The first-order valence-electron chi connectivity index (χ1n) is 6.45. The molecular formula is C14H14N4O3. The highest BCUT2D eigenvalue weighted by Crippen LogP contribution is 2.16. The molecule has 0 amide bonds. The average Bonchev–Trinajstić information content (AvgIpc) is 2.90. The molecule has 0 aliphatic rings. The van der Waals surface area contributed by atoms with Gasteiger partial charge in [-0.25, -0.2) is 9.78 Å². The van der Waals surface area contributed by atoms with Gasteiger partial charge in [-0.05, 0) is 5.56 Å². The summed E-state index contributed by atoms with van der Waals surface area (Å²) in [5.41, 5.74) is 0.295. The molecule has 21 heavy (non-hydrogen) atoms. The molecule has 1 atom stereocenters. The van der Waals surface area contributed by atoms with Gasteiger partial charge in [0, 0.05) is 7.05 Å². The van der Waals surface area contributed by atoms with Gasteiger partial charge in [-0.3, -0.25) is 14.3 Å². The number of hydrogen-bond donors (Lipinski definition) is 2. The number of imidazole rings is 1. The Labute approximate surface area is 119 Å². The minimum Gasteiger partial charge on any atom is -0.387 e. The van der Waals surface area contributed by atoms with Crippen molar-refractivity contribution in [2.45, 2.75) is 12.6 Å². The van der Waals surface area contributed by atoms with Crippen molar-refractivity contribution >= 4 is 11.2 Å². The summed E-state index contributed by atoms with van der Waals surface area (Å²) in [4.78, 5) is 29.8. The maximum atomic E-state index is 11.9. The summed E-state index contributed by atoms with van der Waals surface area (Å²) in [6, 6.07) is 9.15. The van der Waals surface area contributed by atoms with Crippen LogP contribution in [0.1, 0.15) is 11.7 Å². The molecule has 0 aliphatic carbocycles. The second kappa shape index (κ2) is 5.02. The first-order valence-corrected chi connectivity index (χ1v) is 6.45. The molecule has 0 bridgehead atoms. The molecule has 1 aromatic carbocycles. The lowest BCUT2D eigenvalue weighted by Crippen LogP contribution is -2.29. The molecule has 7 nitrogen and oxygen atoms in total. The van der Waals surface area contributed by atoms with Crippen molar-refractivity contribution in [2.75, 3.05) is 0 Å². The minimum absolute atomic E-state index is 0.182. The molecule has 2 aromatic heterocycles. The van der Waals surface area contributed by atoms with E-state index < -0.39 is 17.4 Å². The van der Waals surface area contributed by atoms with E-state index in [-0.39, 0.29) is 12.1 Å². The van der Waals surface area contributed by atoms with Crippen LogP contribution >= 0.6 is 0 Å². The second-order valence-corrected chi connectivity index (χ2v) is 4.81. The van der Waals surface area contributed by atoms with Gasteiger partial charge in [-0.1, -0.05) is 30.3 Å². The fourth-order valence-electron chi connectivity index (χ4n) is 2.29. The summed E-state index contributed by atoms with van der Waals surface area (Å²) in [5, 5.41) is 10.2. The summed E-state index contributed by atoms with van der Waals surface area (Å²) < 4.78 is 2.81. The van der Waals surface area contributed by atoms with Crippen LogP contribution in [0.3, 0.4) is 0 Å². The van der Waals surface area contributed by atoms with Gasteiger partial charge in [0.1, 0.15) is 0 Å². The Bertz CT molecular complexity index is 892. The van der Waals surface area contributed by atoms with Gasteiger partial charge in [-0.15, -0.1) is 0 Å². The van der Waals surface area contributed by atoms with Crippen LogP contribution < -0.4 is 11.2 Å². The number of aryl methyl sites for hydroxylation is 1. The van der Waals surface area contributed by atoms with Crippen molar-refractivity contribution < 1.29 is 5.11 Å². The van der Waals surface area contributed by atoms with E-state index in [1.807, 2.05) is 30.3 Å².